The number of ether oxygens (including phenoxy) is 3. The molecule has 0 saturated carbocycles. The zero-order chi connectivity index (χ0) is 31.0. The molecule has 11 nitrogen and oxygen atoms in total. The molecule has 0 spiro atoms. The topological polar surface area (TPSA) is 122 Å². The second kappa shape index (κ2) is 11.2. The third-order valence-corrected chi connectivity index (χ3v) is 5.67. The maximum Gasteiger partial charge on any atom is 0.425 e. The predicted octanol–water partition coefficient (Wildman–Crippen LogP) is 7.42. The number of imide groups is 1. The van der Waals surface area contributed by atoms with Crippen molar-refractivity contribution in [1.29, 1.82) is 0 Å². The lowest BCUT2D eigenvalue weighted by Crippen LogP contribution is -2.44. The summed E-state index contributed by atoms with van der Waals surface area (Å²) in [6.45, 7) is 9.49. The highest BCUT2D eigenvalue weighted by molar-refractivity contribution is 6.14. The first kappa shape index (κ1) is 30.7. The average Bonchev–Trinajstić information content (AvgIpc) is 3.20. The van der Waals surface area contributed by atoms with Crippen LogP contribution in [0.2, 0.25) is 0 Å². The Morgan fingerprint density at radius 3 is 2.12 bits per heavy atom. The van der Waals surface area contributed by atoms with Crippen LogP contribution in [0.5, 0.6) is 11.8 Å². The first-order valence-electron chi connectivity index (χ1n) is 13.0. The summed E-state index contributed by atoms with van der Waals surface area (Å²) >= 11 is 0. The predicted molar refractivity (Wildman–Crippen MR) is 142 cm³/mol. The molecule has 3 aromatic rings. The van der Waals surface area contributed by atoms with Crippen molar-refractivity contribution in [3.05, 3.63) is 36.0 Å². The third-order valence-electron chi connectivity index (χ3n) is 5.67. The minimum absolute atomic E-state index is 0.0776. The molecule has 0 N–H and O–H groups in total. The van der Waals surface area contributed by atoms with Gasteiger partial charge in [0, 0.05) is 18.7 Å². The van der Waals surface area contributed by atoms with Gasteiger partial charge in [-0.25, -0.2) is 33.6 Å². The number of carbonyl (C=O) groups is 2. The van der Waals surface area contributed by atoms with Crippen LogP contribution in [0, 0.1) is 0 Å². The summed E-state index contributed by atoms with van der Waals surface area (Å²) in [6.07, 6.45) is -3.47. The van der Waals surface area contributed by atoms with E-state index in [4.69, 9.17) is 14.2 Å². The number of rotatable bonds is 4. The Labute approximate surface area is 238 Å². The fraction of sp³-hybridized carbons (Fsp3) is 0.481. The van der Waals surface area contributed by atoms with Crippen LogP contribution in [-0.4, -0.2) is 48.1 Å². The number of halogens is 4. The molecule has 0 atom stereocenters. The number of fused-ring (bicyclic) bond motifs is 1. The maximum absolute atomic E-state index is 15.0. The van der Waals surface area contributed by atoms with Crippen molar-refractivity contribution in [1.82, 2.24) is 24.7 Å². The first-order chi connectivity index (χ1) is 19.4. The summed E-state index contributed by atoms with van der Waals surface area (Å²) in [5.74, 6) is -1.82. The third kappa shape index (κ3) is 6.94. The van der Waals surface area contributed by atoms with Crippen LogP contribution in [0.1, 0.15) is 72.8 Å². The molecule has 0 aromatic carbocycles. The molecule has 1 aliphatic carbocycles. The van der Waals surface area contributed by atoms with Crippen molar-refractivity contribution in [3.63, 3.8) is 0 Å². The van der Waals surface area contributed by atoms with Crippen LogP contribution < -0.4 is 9.64 Å². The van der Waals surface area contributed by atoms with Gasteiger partial charge < -0.3 is 14.2 Å². The molecule has 42 heavy (non-hydrogen) atoms. The molecule has 3 aromatic heterocycles. The standard InChI is InChI=1S/C27H30F4N6O5/c1-25(2,3)41-23(38)36(24(39)42-26(4,5)6)20-19-21(34-14-33-20)37(17-10-8-7-9-16(17)28)35-22(19)40-18-13-15(11-12-32-18)27(29,30)31/h11-14H,7-10H2,1-6H3. The number of hydrogen-bond acceptors (Lipinski definition) is 9. The molecule has 0 radical (unpaired) electrons. The molecule has 4 rings (SSSR count). The van der Waals surface area contributed by atoms with E-state index in [0.29, 0.717) is 23.8 Å². The largest absolute Gasteiger partial charge is 0.443 e. The molecule has 0 aliphatic heterocycles. The fourth-order valence-electron chi connectivity index (χ4n) is 4.01. The summed E-state index contributed by atoms with van der Waals surface area (Å²) < 4.78 is 72.9. The number of pyridine rings is 1. The second-order valence-corrected chi connectivity index (χ2v) is 11.5. The molecule has 2 amide bonds. The molecule has 0 saturated heterocycles. The molecule has 0 bridgehead atoms. The lowest BCUT2D eigenvalue weighted by Gasteiger charge is -2.28. The number of amides is 2. The van der Waals surface area contributed by atoms with Crippen molar-refractivity contribution in [2.45, 2.75) is 84.6 Å². The van der Waals surface area contributed by atoms with E-state index in [-0.39, 0.29) is 29.6 Å². The Kier molecular flexibility index (Phi) is 8.16. The van der Waals surface area contributed by atoms with Gasteiger partial charge in [-0.15, -0.1) is 5.10 Å². The number of anilines is 1. The van der Waals surface area contributed by atoms with Gasteiger partial charge >= 0.3 is 18.4 Å². The zero-order valence-electron chi connectivity index (χ0n) is 23.9. The van der Waals surface area contributed by atoms with Gasteiger partial charge in [0.15, 0.2) is 11.5 Å². The van der Waals surface area contributed by atoms with E-state index in [2.05, 4.69) is 20.1 Å². The smallest absolute Gasteiger partial charge is 0.425 e. The lowest BCUT2D eigenvalue weighted by molar-refractivity contribution is -0.137. The van der Waals surface area contributed by atoms with E-state index in [1.54, 1.807) is 41.5 Å². The van der Waals surface area contributed by atoms with Crippen LogP contribution in [0.4, 0.5) is 33.0 Å². The Morgan fingerprint density at radius 1 is 0.929 bits per heavy atom. The van der Waals surface area contributed by atoms with Gasteiger partial charge in [0.2, 0.25) is 5.88 Å². The number of nitrogens with zero attached hydrogens (tertiary/aromatic N) is 6. The van der Waals surface area contributed by atoms with Gasteiger partial charge in [-0.3, -0.25) is 0 Å². The maximum atomic E-state index is 15.0. The Bertz CT molecular complexity index is 1510. The highest BCUT2D eigenvalue weighted by atomic mass is 19.4. The summed E-state index contributed by atoms with van der Waals surface area (Å²) in [7, 11) is 0. The van der Waals surface area contributed by atoms with Crippen LogP contribution in [0.25, 0.3) is 16.7 Å². The Balaban J connectivity index is 1.97. The quantitative estimate of drug-likeness (QED) is 0.284. The molecule has 15 heteroatoms. The number of carbonyl (C=O) groups excluding carboxylic acids is 2. The van der Waals surface area contributed by atoms with Gasteiger partial charge in [-0.1, -0.05) is 0 Å². The first-order valence-corrected chi connectivity index (χ1v) is 13.0. The van der Waals surface area contributed by atoms with Crippen molar-refractivity contribution in [2.24, 2.45) is 0 Å². The summed E-state index contributed by atoms with van der Waals surface area (Å²) in [6, 6.07) is 1.40. The summed E-state index contributed by atoms with van der Waals surface area (Å²) in [5.41, 5.74) is -3.08. The molecular formula is C27H30F4N6O5. The van der Waals surface area contributed by atoms with E-state index in [1.165, 1.54) is 0 Å². The van der Waals surface area contributed by atoms with Gasteiger partial charge in [-0.05, 0) is 66.9 Å². The average molecular weight is 595 g/mol. The number of hydrogen-bond donors (Lipinski definition) is 0. The van der Waals surface area contributed by atoms with Crippen LogP contribution in [0.3, 0.4) is 0 Å². The molecule has 0 fully saturated rings. The van der Waals surface area contributed by atoms with Crippen LogP contribution in [0.15, 0.2) is 30.5 Å². The minimum Gasteiger partial charge on any atom is -0.443 e. The molecule has 226 valence electrons. The highest BCUT2D eigenvalue weighted by Gasteiger charge is 2.37. The van der Waals surface area contributed by atoms with Crippen LogP contribution in [-0.2, 0) is 15.7 Å². The van der Waals surface area contributed by atoms with Gasteiger partial charge in [-0.2, -0.15) is 18.1 Å². The van der Waals surface area contributed by atoms with Crippen molar-refractivity contribution >= 4 is 34.7 Å². The van der Waals surface area contributed by atoms with E-state index < -0.39 is 58.5 Å². The van der Waals surface area contributed by atoms with Crippen molar-refractivity contribution < 1.29 is 41.4 Å². The Morgan fingerprint density at radius 2 is 1.55 bits per heavy atom. The van der Waals surface area contributed by atoms with E-state index in [9.17, 15) is 22.8 Å². The van der Waals surface area contributed by atoms with E-state index in [0.717, 1.165) is 23.3 Å². The minimum atomic E-state index is -4.70. The van der Waals surface area contributed by atoms with Crippen molar-refractivity contribution in [3.8, 4) is 11.8 Å². The van der Waals surface area contributed by atoms with Gasteiger partial charge in [0.1, 0.15) is 28.7 Å². The number of alkyl halides is 3. The molecule has 1 aliphatic rings. The molecule has 0 unspecified atom stereocenters. The fourth-order valence-corrected chi connectivity index (χ4v) is 4.01. The number of aromatic nitrogens is 5. The molecular weight excluding hydrogens is 564 g/mol. The van der Waals surface area contributed by atoms with E-state index in [1.807, 2.05) is 0 Å². The van der Waals surface area contributed by atoms with Crippen molar-refractivity contribution in [2.75, 3.05) is 4.90 Å². The monoisotopic (exact) mass is 594 g/mol. The SMILES string of the molecule is CC(C)(C)OC(=O)N(C(=O)OC(C)(C)C)c1ncnc2c1c(Oc1cc(C(F)(F)F)ccn1)nn2C1=C(F)CCCC1. The van der Waals surface area contributed by atoms with Gasteiger partial charge in [0.05, 0.1) is 11.3 Å². The highest BCUT2D eigenvalue weighted by Crippen LogP contribution is 2.40. The lowest BCUT2D eigenvalue weighted by atomic mass is 10.0. The van der Waals surface area contributed by atoms with Crippen LogP contribution >= 0.6 is 0 Å². The zero-order valence-corrected chi connectivity index (χ0v) is 23.9. The number of allylic oxidation sites excluding steroid dienone is 2. The second-order valence-electron chi connectivity index (χ2n) is 11.5. The normalized spacial score (nSPS) is 14.6. The summed E-state index contributed by atoms with van der Waals surface area (Å²) in [5, 5.41) is 4.11. The summed E-state index contributed by atoms with van der Waals surface area (Å²) in [4.78, 5) is 39.4. The molecule has 3 heterocycles. The van der Waals surface area contributed by atoms with Gasteiger partial charge in [0.25, 0.3) is 5.88 Å². The van der Waals surface area contributed by atoms with E-state index >= 15 is 4.39 Å². The Hall–Kier alpha value is -4.30.